The van der Waals surface area contributed by atoms with Crippen LogP contribution in [-0.2, 0) is 11.0 Å². The first-order chi connectivity index (χ1) is 12.4. The monoisotopic (exact) mass is 387 g/mol. The number of rotatable bonds is 5. The summed E-state index contributed by atoms with van der Waals surface area (Å²) in [7, 11) is 0. The highest BCUT2D eigenvalue weighted by molar-refractivity contribution is 7.13. The molecule has 1 aliphatic rings. The van der Waals surface area contributed by atoms with Crippen molar-refractivity contribution in [1.82, 2.24) is 4.98 Å². The van der Waals surface area contributed by atoms with Crippen molar-refractivity contribution in [3.05, 3.63) is 29.3 Å². The molecule has 0 saturated heterocycles. The van der Waals surface area contributed by atoms with E-state index in [0.29, 0.717) is 36.9 Å². The van der Waals surface area contributed by atoms with E-state index in [2.05, 4.69) is 10.3 Å². The molecule has 6 nitrogen and oxygen atoms in total. The maximum absolute atomic E-state index is 12.7. The molecule has 10 heteroatoms. The molecule has 1 aromatic heterocycles. The van der Waals surface area contributed by atoms with E-state index in [1.54, 1.807) is 25.1 Å². The first kappa shape index (κ1) is 18.3. The fourth-order valence-electron chi connectivity index (χ4n) is 2.35. The third-order valence-electron chi connectivity index (χ3n) is 3.60. The van der Waals surface area contributed by atoms with Gasteiger partial charge in [0.15, 0.2) is 22.3 Å². The molecule has 3 rings (SSSR count). The number of hydrogen-bond donors (Lipinski definition) is 1. The Bertz CT molecular complexity index is 795. The van der Waals surface area contributed by atoms with Gasteiger partial charge in [-0.25, -0.2) is 4.98 Å². The molecule has 0 unspecified atom stereocenters. The molecular weight excluding hydrogens is 371 g/mol. The van der Waals surface area contributed by atoms with E-state index < -0.39 is 11.9 Å². The predicted molar refractivity (Wildman–Crippen MR) is 91.1 cm³/mol. The Morgan fingerprint density at radius 2 is 2.04 bits per heavy atom. The molecule has 0 spiro atoms. The van der Waals surface area contributed by atoms with Gasteiger partial charge in [-0.1, -0.05) is 0 Å². The number of benzene rings is 1. The van der Waals surface area contributed by atoms with Crippen LogP contribution in [0.3, 0.4) is 0 Å². The van der Waals surface area contributed by atoms with Crippen molar-refractivity contribution in [2.75, 3.05) is 36.5 Å². The lowest BCUT2D eigenvalue weighted by Gasteiger charge is -2.21. The van der Waals surface area contributed by atoms with Crippen LogP contribution in [0.25, 0.3) is 0 Å². The van der Waals surface area contributed by atoms with Crippen LogP contribution in [0.1, 0.15) is 12.6 Å². The average Bonchev–Trinajstić information content (AvgIpc) is 3.10. The Hall–Kier alpha value is -2.49. The molecule has 1 amide bonds. The van der Waals surface area contributed by atoms with Crippen molar-refractivity contribution in [2.45, 2.75) is 13.1 Å². The summed E-state index contributed by atoms with van der Waals surface area (Å²) in [6.45, 7) is 2.87. The summed E-state index contributed by atoms with van der Waals surface area (Å²) < 4.78 is 48.9. The second-order valence-corrected chi connectivity index (χ2v) is 6.27. The highest BCUT2D eigenvalue weighted by Gasteiger charge is 2.34. The van der Waals surface area contributed by atoms with E-state index in [-0.39, 0.29) is 17.6 Å². The van der Waals surface area contributed by atoms with Crippen LogP contribution in [0.4, 0.5) is 24.0 Å². The number of aromatic nitrogens is 1. The van der Waals surface area contributed by atoms with Crippen LogP contribution in [0.5, 0.6) is 11.5 Å². The van der Waals surface area contributed by atoms with Gasteiger partial charge in [0.25, 0.3) is 0 Å². The summed E-state index contributed by atoms with van der Waals surface area (Å²) in [5.41, 5.74) is -0.436. The number of halogens is 3. The quantitative estimate of drug-likeness (QED) is 0.852. The van der Waals surface area contributed by atoms with E-state index in [1.165, 1.54) is 4.90 Å². The number of nitrogens with zero attached hydrogens (tertiary/aromatic N) is 2. The lowest BCUT2D eigenvalue weighted by molar-refractivity contribution is -0.140. The minimum atomic E-state index is -4.50. The zero-order valence-corrected chi connectivity index (χ0v) is 14.6. The summed E-state index contributed by atoms with van der Waals surface area (Å²) in [6, 6.07) is 5.01. The number of carbonyl (C=O) groups is 1. The maximum atomic E-state index is 12.7. The largest absolute Gasteiger partial charge is 0.486 e. The first-order valence-electron chi connectivity index (χ1n) is 7.84. The number of fused-ring (bicyclic) bond motifs is 1. The third kappa shape index (κ3) is 4.18. The molecule has 0 saturated carbocycles. The van der Waals surface area contributed by atoms with Gasteiger partial charge in [-0.2, -0.15) is 13.2 Å². The molecule has 26 heavy (non-hydrogen) atoms. The Morgan fingerprint density at radius 3 is 2.69 bits per heavy atom. The number of thiazole rings is 1. The number of nitrogens with one attached hydrogen (secondary N) is 1. The summed E-state index contributed by atoms with van der Waals surface area (Å²) in [4.78, 5) is 17.3. The van der Waals surface area contributed by atoms with E-state index in [4.69, 9.17) is 9.47 Å². The van der Waals surface area contributed by atoms with Gasteiger partial charge in [0.2, 0.25) is 5.91 Å². The second-order valence-electron chi connectivity index (χ2n) is 5.43. The van der Waals surface area contributed by atoms with E-state index in [1.807, 2.05) is 0 Å². The molecule has 0 bridgehead atoms. The number of anilines is 2. The van der Waals surface area contributed by atoms with Gasteiger partial charge in [0.1, 0.15) is 13.2 Å². The molecule has 2 aromatic rings. The predicted octanol–water partition coefficient (Wildman–Crippen LogP) is 3.40. The molecule has 1 aromatic carbocycles. The number of alkyl halides is 3. The summed E-state index contributed by atoms with van der Waals surface area (Å²) in [5, 5.41) is 3.79. The zero-order chi connectivity index (χ0) is 18.7. The smallest absolute Gasteiger partial charge is 0.434 e. The molecule has 140 valence electrons. The topological polar surface area (TPSA) is 63.7 Å². The van der Waals surface area contributed by atoms with Crippen LogP contribution < -0.4 is 19.7 Å². The number of ether oxygens (including phenoxy) is 2. The number of hydrogen-bond acceptors (Lipinski definition) is 6. The van der Waals surface area contributed by atoms with Crippen LogP contribution >= 0.6 is 11.3 Å². The van der Waals surface area contributed by atoms with Gasteiger partial charge < -0.3 is 19.7 Å². The number of amides is 1. The zero-order valence-electron chi connectivity index (χ0n) is 13.8. The normalized spacial score (nSPS) is 13.4. The van der Waals surface area contributed by atoms with Gasteiger partial charge >= 0.3 is 6.18 Å². The standard InChI is InChI=1S/C16H16F3N3O3S/c1-2-22(15-21-13(9-26-15)16(17,18)19)8-14(23)20-10-3-4-11-12(7-10)25-6-5-24-11/h3-4,7,9H,2,5-6,8H2,1H3,(H,20,23). The van der Waals surface area contributed by atoms with E-state index in [0.717, 1.165) is 16.7 Å². The molecular formula is C16H16F3N3O3S. The molecule has 1 aliphatic heterocycles. The first-order valence-corrected chi connectivity index (χ1v) is 8.72. The van der Waals surface area contributed by atoms with Crippen molar-refractivity contribution in [3.8, 4) is 11.5 Å². The van der Waals surface area contributed by atoms with Crippen molar-refractivity contribution in [3.63, 3.8) is 0 Å². The van der Waals surface area contributed by atoms with Crippen molar-refractivity contribution in [2.24, 2.45) is 0 Å². The van der Waals surface area contributed by atoms with Gasteiger partial charge in [-0.05, 0) is 19.1 Å². The molecule has 0 aliphatic carbocycles. The average molecular weight is 387 g/mol. The lowest BCUT2D eigenvalue weighted by atomic mass is 10.2. The maximum Gasteiger partial charge on any atom is 0.434 e. The SMILES string of the molecule is CCN(CC(=O)Nc1ccc2c(c1)OCCO2)c1nc(C(F)(F)F)cs1. The van der Waals surface area contributed by atoms with Crippen LogP contribution in [0, 0.1) is 0 Å². The van der Waals surface area contributed by atoms with Gasteiger partial charge in [0, 0.05) is 23.7 Å². The summed E-state index contributed by atoms with van der Waals surface area (Å²) >= 11 is 0.854. The minimum Gasteiger partial charge on any atom is -0.486 e. The van der Waals surface area contributed by atoms with Crippen LogP contribution in [-0.4, -0.2) is 37.2 Å². The van der Waals surface area contributed by atoms with Gasteiger partial charge in [-0.3, -0.25) is 4.79 Å². The minimum absolute atomic E-state index is 0.115. The number of likely N-dealkylation sites (N-methyl/N-ethyl adjacent to an activating group) is 1. The Balaban J connectivity index is 1.65. The lowest BCUT2D eigenvalue weighted by Crippen LogP contribution is -2.33. The van der Waals surface area contributed by atoms with Gasteiger partial charge in [0.05, 0.1) is 6.54 Å². The molecule has 0 radical (unpaired) electrons. The third-order valence-corrected chi connectivity index (χ3v) is 4.50. The Kier molecular flexibility index (Phi) is 5.21. The van der Waals surface area contributed by atoms with Crippen molar-refractivity contribution in [1.29, 1.82) is 0 Å². The fraction of sp³-hybridized carbons (Fsp3) is 0.375. The van der Waals surface area contributed by atoms with Crippen molar-refractivity contribution >= 4 is 28.1 Å². The second kappa shape index (κ2) is 7.40. The highest BCUT2D eigenvalue weighted by atomic mass is 32.1. The fourth-order valence-corrected chi connectivity index (χ4v) is 3.25. The summed E-state index contributed by atoms with van der Waals surface area (Å²) in [6.07, 6.45) is -4.50. The van der Waals surface area contributed by atoms with E-state index >= 15 is 0 Å². The van der Waals surface area contributed by atoms with Crippen LogP contribution in [0.2, 0.25) is 0 Å². The molecule has 2 heterocycles. The molecule has 1 N–H and O–H groups in total. The summed E-state index contributed by atoms with van der Waals surface area (Å²) in [5.74, 6) is 0.773. The molecule has 0 atom stereocenters. The Morgan fingerprint density at radius 1 is 1.31 bits per heavy atom. The van der Waals surface area contributed by atoms with Crippen molar-refractivity contribution < 1.29 is 27.4 Å². The van der Waals surface area contributed by atoms with E-state index in [9.17, 15) is 18.0 Å². The molecule has 0 fully saturated rings. The van der Waals surface area contributed by atoms with Gasteiger partial charge in [-0.15, -0.1) is 11.3 Å². The Labute approximate surface area is 151 Å². The van der Waals surface area contributed by atoms with Crippen LogP contribution in [0.15, 0.2) is 23.6 Å². The highest BCUT2D eigenvalue weighted by Crippen LogP contribution is 2.34. The number of carbonyl (C=O) groups excluding carboxylic acids is 1.